The Kier molecular flexibility index (Phi) is 5.33. The highest BCUT2D eigenvalue weighted by molar-refractivity contribution is 7.91. The second kappa shape index (κ2) is 6.81. The van der Waals surface area contributed by atoms with Crippen molar-refractivity contribution in [2.75, 3.05) is 23.1 Å². The molecule has 1 aromatic rings. The van der Waals surface area contributed by atoms with Crippen molar-refractivity contribution in [1.29, 1.82) is 0 Å². The highest BCUT2D eigenvalue weighted by atomic mass is 35.5. The maximum atomic E-state index is 11.8. The fourth-order valence-corrected chi connectivity index (χ4v) is 3.84. The monoisotopic (exact) mass is 315 g/mol. The molecule has 1 atom stereocenters. The zero-order valence-corrected chi connectivity index (χ0v) is 13.5. The summed E-state index contributed by atoms with van der Waals surface area (Å²) in [6.45, 7) is 2.72. The largest absolute Gasteiger partial charge is 0.369 e. The van der Waals surface area contributed by atoms with Gasteiger partial charge in [0, 0.05) is 24.2 Å². The molecular weight excluding hydrogens is 294 g/mol. The molecule has 1 aromatic carbocycles. The van der Waals surface area contributed by atoms with Crippen LogP contribution in [0.4, 0.5) is 5.69 Å². The Morgan fingerprint density at radius 2 is 2.00 bits per heavy atom. The Hall–Kier alpha value is -0.740. The van der Waals surface area contributed by atoms with Crippen molar-refractivity contribution in [3.05, 3.63) is 24.3 Å². The van der Waals surface area contributed by atoms with Gasteiger partial charge in [-0.2, -0.15) is 0 Å². The lowest BCUT2D eigenvalue weighted by Gasteiger charge is -2.27. The molecular formula is C15H22ClNO2S. The van der Waals surface area contributed by atoms with Crippen LogP contribution < -0.4 is 4.90 Å². The second-order valence-electron chi connectivity index (χ2n) is 5.22. The SMILES string of the molecule is CCS(=O)(=O)c1ccc(N2CCCC2CCCCl)cc1. The number of hydrogen-bond acceptors (Lipinski definition) is 3. The molecule has 0 amide bonds. The van der Waals surface area contributed by atoms with Gasteiger partial charge in [-0.1, -0.05) is 6.92 Å². The molecule has 2 rings (SSSR count). The van der Waals surface area contributed by atoms with Crippen molar-refractivity contribution in [3.8, 4) is 0 Å². The number of anilines is 1. The minimum absolute atomic E-state index is 0.147. The lowest BCUT2D eigenvalue weighted by atomic mass is 10.1. The maximum absolute atomic E-state index is 11.8. The molecule has 0 N–H and O–H groups in total. The molecule has 0 spiro atoms. The molecule has 1 aliphatic heterocycles. The third kappa shape index (κ3) is 3.47. The van der Waals surface area contributed by atoms with Gasteiger partial charge in [0.15, 0.2) is 9.84 Å². The van der Waals surface area contributed by atoms with Crippen LogP contribution in [0, 0.1) is 0 Å². The van der Waals surface area contributed by atoms with Crippen LogP contribution in [0.25, 0.3) is 0 Å². The van der Waals surface area contributed by atoms with Gasteiger partial charge in [-0.25, -0.2) is 8.42 Å². The van der Waals surface area contributed by atoms with Gasteiger partial charge < -0.3 is 4.90 Å². The average Bonchev–Trinajstić information content (AvgIpc) is 2.93. The van der Waals surface area contributed by atoms with Gasteiger partial charge in [0.2, 0.25) is 0 Å². The quantitative estimate of drug-likeness (QED) is 0.754. The molecule has 5 heteroatoms. The topological polar surface area (TPSA) is 37.4 Å². The number of hydrogen-bond donors (Lipinski definition) is 0. The molecule has 0 aliphatic carbocycles. The van der Waals surface area contributed by atoms with E-state index in [1.54, 1.807) is 19.1 Å². The molecule has 1 unspecified atom stereocenters. The number of nitrogens with zero attached hydrogens (tertiary/aromatic N) is 1. The summed E-state index contributed by atoms with van der Waals surface area (Å²) in [6, 6.07) is 7.86. The van der Waals surface area contributed by atoms with Gasteiger partial charge in [-0.3, -0.25) is 0 Å². The molecule has 0 bridgehead atoms. The number of alkyl halides is 1. The summed E-state index contributed by atoms with van der Waals surface area (Å²) in [5.41, 5.74) is 1.12. The van der Waals surface area contributed by atoms with E-state index < -0.39 is 9.84 Å². The predicted octanol–water partition coefficient (Wildman–Crippen LogP) is 3.47. The summed E-state index contributed by atoms with van der Waals surface area (Å²) in [5, 5.41) is 0. The summed E-state index contributed by atoms with van der Waals surface area (Å²) < 4.78 is 23.6. The highest BCUT2D eigenvalue weighted by Crippen LogP contribution is 2.29. The van der Waals surface area contributed by atoms with Gasteiger partial charge >= 0.3 is 0 Å². The van der Waals surface area contributed by atoms with Crippen LogP contribution in [0.2, 0.25) is 0 Å². The third-order valence-electron chi connectivity index (χ3n) is 3.96. The number of halogens is 1. The first-order chi connectivity index (χ1) is 9.58. The highest BCUT2D eigenvalue weighted by Gasteiger charge is 2.24. The zero-order valence-electron chi connectivity index (χ0n) is 11.9. The Morgan fingerprint density at radius 1 is 1.30 bits per heavy atom. The Morgan fingerprint density at radius 3 is 2.60 bits per heavy atom. The molecule has 1 fully saturated rings. The van der Waals surface area contributed by atoms with Gasteiger partial charge in [0.25, 0.3) is 0 Å². The van der Waals surface area contributed by atoms with Gasteiger partial charge in [-0.15, -0.1) is 11.6 Å². The van der Waals surface area contributed by atoms with Crippen LogP contribution in [0.3, 0.4) is 0 Å². The molecule has 112 valence electrons. The van der Waals surface area contributed by atoms with E-state index in [2.05, 4.69) is 4.90 Å². The maximum Gasteiger partial charge on any atom is 0.178 e. The van der Waals surface area contributed by atoms with Crippen LogP contribution in [0.1, 0.15) is 32.6 Å². The normalized spacial score (nSPS) is 19.5. The van der Waals surface area contributed by atoms with Crippen LogP contribution in [0.15, 0.2) is 29.2 Å². The summed E-state index contributed by atoms with van der Waals surface area (Å²) >= 11 is 5.78. The molecule has 0 radical (unpaired) electrons. The van der Waals surface area contributed by atoms with Crippen LogP contribution in [-0.4, -0.2) is 32.6 Å². The number of benzene rings is 1. The lowest BCUT2D eigenvalue weighted by Crippen LogP contribution is -2.29. The van der Waals surface area contributed by atoms with Crippen LogP contribution in [0.5, 0.6) is 0 Å². The van der Waals surface area contributed by atoms with E-state index in [1.807, 2.05) is 12.1 Å². The summed E-state index contributed by atoms with van der Waals surface area (Å²) in [7, 11) is -3.10. The van der Waals surface area contributed by atoms with Crippen molar-refractivity contribution in [2.45, 2.75) is 43.5 Å². The smallest absolute Gasteiger partial charge is 0.178 e. The fourth-order valence-electron chi connectivity index (χ4n) is 2.80. The standard InChI is InChI=1S/C15H22ClNO2S/c1-2-20(18,19)15-9-7-14(8-10-15)17-12-4-6-13(17)5-3-11-16/h7-10,13H,2-6,11-12H2,1H3. The van der Waals surface area contributed by atoms with E-state index in [4.69, 9.17) is 11.6 Å². The summed E-state index contributed by atoms with van der Waals surface area (Å²) in [5.74, 6) is 0.854. The van der Waals surface area contributed by atoms with Gasteiger partial charge in [-0.05, 0) is 49.9 Å². The van der Waals surface area contributed by atoms with Gasteiger partial charge in [0.05, 0.1) is 10.6 Å². The first-order valence-corrected chi connectivity index (χ1v) is 9.42. The predicted molar refractivity (Wildman–Crippen MR) is 84.5 cm³/mol. The summed E-state index contributed by atoms with van der Waals surface area (Å²) in [4.78, 5) is 2.80. The Labute approximate surface area is 126 Å². The molecule has 3 nitrogen and oxygen atoms in total. The number of sulfone groups is 1. The molecule has 1 heterocycles. The average molecular weight is 316 g/mol. The Bertz CT molecular complexity index is 527. The first kappa shape index (κ1) is 15.6. The fraction of sp³-hybridized carbons (Fsp3) is 0.600. The molecule has 0 aromatic heterocycles. The van der Waals surface area contributed by atoms with E-state index in [1.165, 1.54) is 12.8 Å². The first-order valence-electron chi connectivity index (χ1n) is 7.24. The third-order valence-corrected chi connectivity index (χ3v) is 5.97. The van der Waals surface area contributed by atoms with Crippen LogP contribution in [-0.2, 0) is 9.84 Å². The van der Waals surface area contributed by atoms with E-state index in [0.29, 0.717) is 16.8 Å². The molecule has 1 saturated heterocycles. The second-order valence-corrected chi connectivity index (χ2v) is 7.87. The minimum atomic E-state index is -3.10. The number of rotatable bonds is 6. The molecule has 1 aliphatic rings. The zero-order chi connectivity index (χ0) is 14.6. The van der Waals surface area contributed by atoms with E-state index >= 15 is 0 Å². The Balaban J connectivity index is 2.13. The molecule has 0 saturated carbocycles. The molecule has 20 heavy (non-hydrogen) atoms. The summed E-state index contributed by atoms with van der Waals surface area (Å²) in [6.07, 6.45) is 4.54. The van der Waals surface area contributed by atoms with Crippen LogP contribution >= 0.6 is 11.6 Å². The minimum Gasteiger partial charge on any atom is -0.369 e. The lowest BCUT2D eigenvalue weighted by molar-refractivity contribution is 0.596. The van der Waals surface area contributed by atoms with Crippen molar-refractivity contribution >= 4 is 27.1 Å². The van der Waals surface area contributed by atoms with Crippen molar-refractivity contribution in [1.82, 2.24) is 0 Å². The van der Waals surface area contributed by atoms with E-state index in [9.17, 15) is 8.42 Å². The van der Waals surface area contributed by atoms with Crippen molar-refractivity contribution in [2.24, 2.45) is 0 Å². The van der Waals surface area contributed by atoms with Crippen molar-refractivity contribution in [3.63, 3.8) is 0 Å². The van der Waals surface area contributed by atoms with Gasteiger partial charge in [0.1, 0.15) is 0 Å². The van der Waals surface area contributed by atoms with E-state index in [-0.39, 0.29) is 5.75 Å². The van der Waals surface area contributed by atoms with E-state index in [0.717, 1.165) is 25.1 Å². The van der Waals surface area contributed by atoms with Crippen molar-refractivity contribution < 1.29 is 8.42 Å².